The van der Waals surface area contributed by atoms with Gasteiger partial charge in [0.05, 0.1) is 5.56 Å². The van der Waals surface area contributed by atoms with E-state index in [4.69, 9.17) is 0 Å². The van der Waals surface area contributed by atoms with Crippen molar-refractivity contribution in [1.29, 1.82) is 0 Å². The number of rotatable bonds is 5. The summed E-state index contributed by atoms with van der Waals surface area (Å²) < 4.78 is 1.86. The van der Waals surface area contributed by atoms with Gasteiger partial charge in [-0.15, -0.1) is 0 Å². The number of imidazole rings is 1. The number of nitrogens with one attached hydrogen (secondary N) is 2. The van der Waals surface area contributed by atoms with E-state index in [1.807, 2.05) is 29.9 Å². The van der Waals surface area contributed by atoms with Crippen LogP contribution in [-0.2, 0) is 11.8 Å². The van der Waals surface area contributed by atoms with Crippen LogP contribution < -0.4 is 10.6 Å². The summed E-state index contributed by atoms with van der Waals surface area (Å²) in [6.45, 7) is 1.46. The van der Waals surface area contributed by atoms with Gasteiger partial charge in [0.25, 0.3) is 5.91 Å². The van der Waals surface area contributed by atoms with Gasteiger partial charge in [0, 0.05) is 44.4 Å². The Labute approximate surface area is 151 Å². The van der Waals surface area contributed by atoms with Crippen LogP contribution in [-0.4, -0.2) is 26.3 Å². The molecule has 2 N–H and O–H groups in total. The van der Waals surface area contributed by atoms with E-state index in [1.54, 1.807) is 36.7 Å². The third-order valence-electron chi connectivity index (χ3n) is 3.88. The molecule has 1 unspecified atom stereocenters. The maximum atomic E-state index is 12.6. The second kappa shape index (κ2) is 7.60. The first kappa shape index (κ1) is 17.3. The maximum absolute atomic E-state index is 12.6. The van der Waals surface area contributed by atoms with E-state index >= 15 is 0 Å². The first-order valence-corrected chi connectivity index (χ1v) is 8.10. The van der Waals surface area contributed by atoms with Crippen LogP contribution in [0.2, 0.25) is 0 Å². The molecule has 1 aromatic carbocycles. The molecule has 0 aliphatic carbocycles. The van der Waals surface area contributed by atoms with Gasteiger partial charge in [-0.2, -0.15) is 0 Å². The minimum Gasteiger partial charge on any atom is -0.338 e. The van der Waals surface area contributed by atoms with Crippen molar-refractivity contribution >= 4 is 17.5 Å². The largest absolute Gasteiger partial charge is 0.338 e. The SMILES string of the molecule is CC(=O)Nc1ccc(C(NC(=O)c2cccnc2)c2nccn2C)cc1. The maximum Gasteiger partial charge on any atom is 0.253 e. The monoisotopic (exact) mass is 349 g/mol. The Bertz CT molecular complexity index is 903. The second-order valence-electron chi connectivity index (χ2n) is 5.85. The Kier molecular flexibility index (Phi) is 5.07. The Morgan fingerprint density at radius 1 is 1.12 bits per heavy atom. The number of carbonyl (C=O) groups is 2. The molecule has 2 heterocycles. The van der Waals surface area contributed by atoms with Crippen LogP contribution in [0.1, 0.15) is 34.7 Å². The fourth-order valence-electron chi connectivity index (χ4n) is 2.63. The van der Waals surface area contributed by atoms with Gasteiger partial charge in [0.1, 0.15) is 11.9 Å². The Hall–Kier alpha value is -3.48. The zero-order valence-corrected chi connectivity index (χ0v) is 14.5. The molecule has 132 valence electrons. The molecule has 3 aromatic rings. The molecule has 0 fully saturated rings. The Balaban J connectivity index is 1.90. The molecule has 3 rings (SSSR count). The van der Waals surface area contributed by atoms with Gasteiger partial charge < -0.3 is 15.2 Å². The fourth-order valence-corrected chi connectivity index (χ4v) is 2.63. The second-order valence-corrected chi connectivity index (χ2v) is 5.85. The number of hydrogen-bond acceptors (Lipinski definition) is 4. The molecular formula is C19H19N5O2. The molecule has 7 heteroatoms. The topological polar surface area (TPSA) is 88.9 Å². The van der Waals surface area contributed by atoms with Gasteiger partial charge in [0.2, 0.25) is 5.91 Å². The number of amides is 2. The minimum atomic E-state index is -0.436. The highest BCUT2D eigenvalue weighted by Gasteiger charge is 2.21. The van der Waals surface area contributed by atoms with Gasteiger partial charge >= 0.3 is 0 Å². The van der Waals surface area contributed by atoms with Crippen LogP contribution in [0.5, 0.6) is 0 Å². The van der Waals surface area contributed by atoms with Crippen LogP contribution in [0.3, 0.4) is 0 Å². The van der Waals surface area contributed by atoms with E-state index in [2.05, 4.69) is 20.6 Å². The van der Waals surface area contributed by atoms with Crippen molar-refractivity contribution in [2.24, 2.45) is 7.05 Å². The number of pyridine rings is 1. The van der Waals surface area contributed by atoms with Gasteiger partial charge in [-0.3, -0.25) is 14.6 Å². The first-order valence-electron chi connectivity index (χ1n) is 8.10. The van der Waals surface area contributed by atoms with E-state index in [0.29, 0.717) is 17.1 Å². The summed E-state index contributed by atoms with van der Waals surface area (Å²) >= 11 is 0. The van der Waals surface area contributed by atoms with Crippen molar-refractivity contribution in [2.75, 3.05) is 5.32 Å². The van der Waals surface area contributed by atoms with Crippen molar-refractivity contribution in [1.82, 2.24) is 19.9 Å². The van der Waals surface area contributed by atoms with Crippen molar-refractivity contribution in [3.63, 3.8) is 0 Å². The lowest BCUT2D eigenvalue weighted by Crippen LogP contribution is -2.31. The minimum absolute atomic E-state index is 0.136. The van der Waals surface area contributed by atoms with Crippen molar-refractivity contribution in [2.45, 2.75) is 13.0 Å². The summed E-state index contributed by atoms with van der Waals surface area (Å²) in [5.41, 5.74) is 2.02. The average molecular weight is 349 g/mol. The van der Waals surface area contributed by atoms with Crippen molar-refractivity contribution < 1.29 is 9.59 Å². The molecule has 0 bridgehead atoms. The lowest BCUT2D eigenvalue weighted by molar-refractivity contribution is -0.114. The predicted octanol–water partition coefficient (Wildman–Crippen LogP) is 2.29. The van der Waals surface area contributed by atoms with Crippen LogP contribution in [0.4, 0.5) is 5.69 Å². The highest BCUT2D eigenvalue weighted by molar-refractivity contribution is 5.94. The van der Waals surface area contributed by atoms with E-state index in [1.165, 1.54) is 13.1 Å². The molecular weight excluding hydrogens is 330 g/mol. The van der Waals surface area contributed by atoms with E-state index in [9.17, 15) is 9.59 Å². The summed E-state index contributed by atoms with van der Waals surface area (Å²) in [5, 5.41) is 5.73. The molecule has 7 nitrogen and oxygen atoms in total. The van der Waals surface area contributed by atoms with E-state index in [0.717, 1.165) is 5.56 Å². The molecule has 0 aliphatic rings. The zero-order valence-electron chi connectivity index (χ0n) is 14.5. The Morgan fingerprint density at radius 2 is 1.88 bits per heavy atom. The highest BCUT2D eigenvalue weighted by Crippen LogP contribution is 2.23. The van der Waals surface area contributed by atoms with Crippen LogP contribution in [0.15, 0.2) is 61.2 Å². The van der Waals surface area contributed by atoms with E-state index < -0.39 is 6.04 Å². The molecule has 0 aliphatic heterocycles. The quantitative estimate of drug-likeness (QED) is 0.740. The highest BCUT2D eigenvalue weighted by atomic mass is 16.2. The number of benzene rings is 1. The standard InChI is InChI=1S/C19H19N5O2/c1-13(25)22-16-7-5-14(6-8-16)17(18-21-10-11-24(18)2)23-19(26)15-4-3-9-20-12-15/h3-12,17H,1-2H3,(H,22,25)(H,23,26). The van der Waals surface area contributed by atoms with Gasteiger partial charge in [-0.1, -0.05) is 12.1 Å². The first-order chi connectivity index (χ1) is 12.5. The normalized spacial score (nSPS) is 11.6. The zero-order chi connectivity index (χ0) is 18.5. The lowest BCUT2D eigenvalue weighted by atomic mass is 10.0. The van der Waals surface area contributed by atoms with E-state index in [-0.39, 0.29) is 11.8 Å². The lowest BCUT2D eigenvalue weighted by Gasteiger charge is -2.19. The molecule has 0 saturated carbocycles. The number of aromatic nitrogens is 3. The summed E-state index contributed by atoms with van der Waals surface area (Å²) in [6.07, 6.45) is 6.65. The van der Waals surface area contributed by atoms with Crippen LogP contribution in [0, 0.1) is 0 Å². The summed E-state index contributed by atoms with van der Waals surface area (Å²) in [4.78, 5) is 32.1. The van der Waals surface area contributed by atoms with Crippen LogP contribution >= 0.6 is 0 Å². The van der Waals surface area contributed by atoms with Gasteiger partial charge in [-0.05, 0) is 29.8 Å². The molecule has 0 spiro atoms. The number of aryl methyl sites for hydroxylation is 1. The number of nitrogens with zero attached hydrogens (tertiary/aromatic N) is 3. The summed E-state index contributed by atoms with van der Waals surface area (Å²) in [5.74, 6) is 0.329. The molecule has 0 saturated heterocycles. The average Bonchev–Trinajstić information content (AvgIpc) is 3.06. The third kappa shape index (κ3) is 3.94. The summed E-state index contributed by atoms with van der Waals surface area (Å²) in [7, 11) is 1.87. The molecule has 2 amide bonds. The number of anilines is 1. The number of carbonyl (C=O) groups excluding carboxylic acids is 2. The smallest absolute Gasteiger partial charge is 0.253 e. The fraction of sp³-hybridized carbons (Fsp3) is 0.158. The predicted molar refractivity (Wildman–Crippen MR) is 97.5 cm³/mol. The number of hydrogen-bond donors (Lipinski definition) is 2. The molecule has 1 atom stereocenters. The van der Waals surface area contributed by atoms with Crippen molar-refractivity contribution in [3.05, 3.63) is 78.1 Å². The van der Waals surface area contributed by atoms with Gasteiger partial charge in [-0.25, -0.2) is 4.98 Å². The summed E-state index contributed by atoms with van der Waals surface area (Å²) in [6, 6.07) is 10.3. The Morgan fingerprint density at radius 3 is 2.46 bits per heavy atom. The van der Waals surface area contributed by atoms with Gasteiger partial charge in [0.15, 0.2) is 0 Å². The third-order valence-corrected chi connectivity index (χ3v) is 3.88. The molecule has 26 heavy (non-hydrogen) atoms. The van der Waals surface area contributed by atoms with Crippen molar-refractivity contribution in [3.8, 4) is 0 Å². The molecule has 2 aromatic heterocycles. The molecule has 0 radical (unpaired) electrons. The van der Waals surface area contributed by atoms with Crippen LogP contribution in [0.25, 0.3) is 0 Å².